The van der Waals surface area contributed by atoms with E-state index in [0.29, 0.717) is 6.42 Å². The Hall–Kier alpha value is -1.84. The van der Waals surface area contributed by atoms with Crippen molar-refractivity contribution < 1.29 is 19.4 Å². The molecule has 0 unspecified atom stereocenters. The Morgan fingerprint density at radius 1 is 1.29 bits per heavy atom. The summed E-state index contributed by atoms with van der Waals surface area (Å²) in [5, 5.41) is 8.95. The average molecular weight is 236 g/mol. The third-order valence-electron chi connectivity index (χ3n) is 2.43. The summed E-state index contributed by atoms with van der Waals surface area (Å²) in [5.41, 5.74) is 1.02. The summed E-state index contributed by atoms with van der Waals surface area (Å²) >= 11 is 0. The third kappa shape index (κ3) is 4.26. The highest BCUT2D eigenvalue weighted by molar-refractivity contribution is 5.93. The van der Waals surface area contributed by atoms with Crippen LogP contribution < -0.4 is 0 Å². The van der Waals surface area contributed by atoms with Crippen LogP contribution in [-0.4, -0.2) is 23.7 Å². The van der Waals surface area contributed by atoms with E-state index in [1.165, 1.54) is 0 Å². The Morgan fingerprint density at radius 3 is 2.47 bits per heavy atom. The van der Waals surface area contributed by atoms with Gasteiger partial charge in [0.1, 0.15) is 0 Å². The van der Waals surface area contributed by atoms with Crippen LogP contribution in [0.15, 0.2) is 30.3 Å². The average Bonchev–Trinajstić information content (AvgIpc) is 2.30. The van der Waals surface area contributed by atoms with E-state index >= 15 is 0 Å². The Morgan fingerprint density at radius 2 is 1.94 bits per heavy atom. The zero-order valence-electron chi connectivity index (χ0n) is 9.76. The van der Waals surface area contributed by atoms with Crippen molar-refractivity contribution in [1.29, 1.82) is 0 Å². The number of benzene rings is 1. The second-order valence-electron chi connectivity index (χ2n) is 3.67. The number of aliphatic carboxylic acids is 1. The molecule has 1 atom stereocenters. The van der Waals surface area contributed by atoms with Crippen LogP contribution in [0.1, 0.15) is 18.9 Å². The number of ether oxygens (including phenoxy) is 1. The van der Waals surface area contributed by atoms with Crippen LogP contribution >= 0.6 is 0 Å². The number of rotatable bonds is 6. The van der Waals surface area contributed by atoms with E-state index in [2.05, 4.69) is 0 Å². The van der Waals surface area contributed by atoms with Gasteiger partial charge in [0.15, 0.2) is 5.92 Å². The summed E-state index contributed by atoms with van der Waals surface area (Å²) < 4.78 is 4.73. The predicted molar refractivity (Wildman–Crippen MR) is 62.5 cm³/mol. The van der Waals surface area contributed by atoms with Gasteiger partial charge in [-0.15, -0.1) is 0 Å². The summed E-state index contributed by atoms with van der Waals surface area (Å²) in [5.74, 6) is -2.86. The minimum absolute atomic E-state index is 0.202. The molecule has 0 aliphatic heterocycles. The number of carboxylic acid groups (broad SMARTS) is 1. The van der Waals surface area contributed by atoms with Crippen molar-refractivity contribution in [3.8, 4) is 0 Å². The maximum atomic E-state index is 11.4. The first-order chi connectivity index (χ1) is 8.15. The van der Waals surface area contributed by atoms with E-state index in [1.807, 2.05) is 30.3 Å². The molecule has 0 bridgehead atoms. The topological polar surface area (TPSA) is 63.6 Å². The molecule has 0 aliphatic rings. The highest BCUT2D eigenvalue weighted by Crippen LogP contribution is 2.12. The molecule has 0 fully saturated rings. The first-order valence-corrected chi connectivity index (χ1v) is 5.58. The minimum atomic E-state index is -1.13. The maximum Gasteiger partial charge on any atom is 0.320 e. The quantitative estimate of drug-likeness (QED) is 0.605. The lowest BCUT2D eigenvalue weighted by Crippen LogP contribution is -2.26. The van der Waals surface area contributed by atoms with E-state index in [4.69, 9.17) is 9.84 Å². The molecule has 0 amide bonds. The van der Waals surface area contributed by atoms with Crippen LogP contribution in [0.25, 0.3) is 0 Å². The largest absolute Gasteiger partial charge is 0.481 e. The first-order valence-electron chi connectivity index (χ1n) is 5.58. The molecule has 17 heavy (non-hydrogen) atoms. The van der Waals surface area contributed by atoms with Crippen LogP contribution in [0.5, 0.6) is 0 Å². The molecule has 0 heterocycles. The molecule has 0 radical (unpaired) electrons. The second kappa shape index (κ2) is 6.68. The molecule has 0 saturated carbocycles. The monoisotopic (exact) mass is 236 g/mol. The number of aryl methyl sites for hydroxylation is 1. The zero-order valence-corrected chi connectivity index (χ0v) is 9.76. The molecular formula is C13H16O4. The number of esters is 1. The highest BCUT2D eigenvalue weighted by atomic mass is 16.5. The Kier molecular flexibility index (Phi) is 5.20. The predicted octanol–water partition coefficient (Wildman–Crippen LogP) is 1.88. The fourth-order valence-corrected chi connectivity index (χ4v) is 1.54. The first kappa shape index (κ1) is 13.2. The number of carboxylic acids is 1. The highest BCUT2D eigenvalue weighted by Gasteiger charge is 2.27. The van der Waals surface area contributed by atoms with Crippen molar-refractivity contribution in [2.45, 2.75) is 19.8 Å². The van der Waals surface area contributed by atoms with Gasteiger partial charge in [0, 0.05) is 0 Å². The molecule has 4 nitrogen and oxygen atoms in total. The molecular weight excluding hydrogens is 220 g/mol. The molecule has 4 heteroatoms. The molecule has 92 valence electrons. The Balaban J connectivity index is 2.56. The number of carbonyl (C=O) groups is 2. The lowest BCUT2D eigenvalue weighted by atomic mass is 10.00. The summed E-state index contributed by atoms with van der Waals surface area (Å²) in [7, 11) is 0. The molecule has 0 aromatic heterocycles. The fraction of sp³-hybridized carbons (Fsp3) is 0.385. The lowest BCUT2D eigenvalue weighted by molar-refractivity contribution is -0.158. The normalized spacial score (nSPS) is 11.8. The van der Waals surface area contributed by atoms with E-state index in [9.17, 15) is 9.59 Å². The molecule has 0 saturated heterocycles. The van der Waals surface area contributed by atoms with Gasteiger partial charge in [-0.1, -0.05) is 30.3 Å². The van der Waals surface area contributed by atoms with Crippen molar-refractivity contribution in [3.05, 3.63) is 35.9 Å². The lowest BCUT2D eigenvalue weighted by Gasteiger charge is -2.10. The zero-order chi connectivity index (χ0) is 12.7. The van der Waals surface area contributed by atoms with E-state index < -0.39 is 17.9 Å². The van der Waals surface area contributed by atoms with Gasteiger partial charge in [-0.3, -0.25) is 9.59 Å². The molecule has 1 aromatic carbocycles. The summed E-state index contributed by atoms with van der Waals surface area (Å²) in [6.07, 6.45) is 0.814. The van der Waals surface area contributed by atoms with Gasteiger partial charge in [-0.05, 0) is 25.3 Å². The minimum Gasteiger partial charge on any atom is -0.481 e. The van der Waals surface area contributed by atoms with E-state index in [0.717, 1.165) is 5.56 Å². The van der Waals surface area contributed by atoms with Gasteiger partial charge in [-0.25, -0.2) is 0 Å². The molecule has 0 spiro atoms. The molecule has 0 aliphatic carbocycles. The summed E-state index contributed by atoms with van der Waals surface area (Å²) in [4.78, 5) is 22.3. The van der Waals surface area contributed by atoms with Crippen LogP contribution in [0.2, 0.25) is 0 Å². The smallest absolute Gasteiger partial charge is 0.320 e. The summed E-state index contributed by atoms with van der Waals surface area (Å²) in [6, 6.07) is 9.47. The Labute approximate surface area is 100 Å². The van der Waals surface area contributed by atoms with E-state index in [-0.39, 0.29) is 13.0 Å². The molecule has 1 rings (SSSR count). The fourth-order valence-electron chi connectivity index (χ4n) is 1.54. The third-order valence-corrected chi connectivity index (χ3v) is 2.43. The van der Waals surface area contributed by atoms with Crippen LogP contribution in [0.3, 0.4) is 0 Å². The van der Waals surface area contributed by atoms with Gasteiger partial charge in [0.05, 0.1) is 6.61 Å². The van der Waals surface area contributed by atoms with Crippen molar-refractivity contribution in [2.75, 3.05) is 6.61 Å². The second-order valence-corrected chi connectivity index (χ2v) is 3.67. The van der Waals surface area contributed by atoms with Gasteiger partial charge in [0.2, 0.25) is 0 Å². The van der Waals surface area contributed by atoms with Crippen molar-refractivity contribution in [2.24, 2.45) is 5.92 Å². The van der Waals surface area contributed by atoms with Crippen molar-refractivity contribution >= 4 is 11.9 Å². The van der Waals surface area contributed by atoms with Gasteiger partial charge >= 0.3 is 11.9 Å². The summed E-state index contributed by atoms with van der Waals surface area (Å²) in [6.45, 7) is 1.86. The van der Waals surface area contributed by atoms with Crippen LogP contribution in [0.4, 0.5) is 0 Å². The number of hydrogen-bond acceptors (Lipinski definition) is 3. The Bertz CT molecular complexity index is 372. The number of carbonyl (C=O) groups excluding carboxylic acids is 1. The van der Waals surface area contributed by atoms with Crippen LogP contribution in [-0.2, 0) is 20.7 Å². The van der Waals surface area contributed by atoms with Gasteiger partial charge in [-0.2, -0.15) is 0 Å². The van der Waals surface area contributed by atoms with Gasteiger partial charge in [0.25, 0.3) is 0 Å². The van der Waals surface area contributed by atoms with Crippen LogP contribution in [0, 0.1) is 5.92 Å². The van der Waals surface area contributed by atoms with Crippen molar-refractivity contribution in [1.82, 2.24) is 0 Å². The van der Waals surface area contributed by atoms with Gasteiger partial charge < -0.3 is 9.84 Å². The standard InChI is InChI=1S/C13H16O4/c1-2-17-13(16)11(12(14)15)9-8-10-6-4-3-5-7-10/h3-7,11H,2,8-9H2,1H3,(H,14,15)/t11-/m1/s1. The number of hydrogen-bond donors (Lipinski definition) is 1. The van der Waals surface area contributed by atoms with E-state index in [1.54, 1.807) is 6.92 Å². The molecule has 1 N–H and O–H groups in total. The maximum absolute atomic E-state index is 11.4. The SMILES string of the molecule is CCOC(=O)[C@H](CCc1ccccc1)C(=O)O. The molecule has 1 aromatic rings. The van der Waals surface area contributed by atoms with Crippen molar-refractivity contribution in [3.63, 3.8) is 0 Å².